The molecule has 0 unspecified atom stereocenters. The second kappa shape index (κ2) is 6.02. The predicted molar refractivity (Wildman–Crippen MR) is 64.6 cm³/mol. The van der Waals surface area contributed by atoms with Crippen LogP contribution in [0.4, 0.5) is 0 Å². The van der Waals surface area contributed by atoms with Crippen molar-refractivity contribution < 1.29 is 0 Å². The Morgan fingerprint density at radius 2 is 2.13 bits per heavy atom. The average molecular weight is 228 g/mol. The summed E-state index contributed by atoms with van der Waals surface area (Å²) in [4.78, 5) is 2.42. The number of aromatic amines is 1. The summed E-state index contributed by atoms with van der Waals surface area (Å²) >= 11 is 5.15. The first kappa shape index (κ1) is 12.4. The maximum Gasteiger partial charge on any atom is 0.195 e. The lowest BCUT2D eigenvalue weighted by atomic mass is 10.4. The summed E-state index contributed by atoms with van der Waals surface area (Å²) < 4.78 is 2.77. The highest BCUT2D eigenvalue weighted by Gasteiger charge is 2.04. The summed E-state index contributed by atoms with van der Waals surface area (Å²) in [5.74, 6) is 0.965. The van der Waals surface area contributed by atoms with Crippen LogP contribution in [0.3, 0.4) is 0 Å². The summed E-state index contributed by atoms with van der Waals surface area (Å²) in [6.45, 7) is 10.6. The Bertz CT molecular complexity index is 341. The van der Waals surface area contributed by atoms with Gasteiger partial charge in [-0.2, -0.15) is 5.10 Å². The van der Waals surface area contributed by atoms with Gasteiger partial charge in [0.15, 0.2) is 4.77 Å². The Labute approximate surface area is 96.3 Å². The number of nitrogens with zero attached hydrogens (tertiary/aromatic N) is 3. The number of likely N-dealkylation sites (N-methyl/N-ethyl adjacent to an activating group) is 1. The van der Waals surface area contributed by atoms with Crippen LogP contribution >= 0.6 is 12.2 Å². The molecule has 1 aromatic rings. The standard InChI is InChI=1S/C10H20N4S/c1-4-6-13(5-2)7-8-14-9(3)11-12-10(14)15/h4-8H2,1-3H3,(H,12,15). The number of hydrogen-bond donors (Lipinski definition) is 1. The molecule has 0 aromatic carbocycles. The molecule has 1 rings (SSSR count). The summed E-state index contributed by atoms with van der Waals surface area (Å²) in [7, 11) is 0. The number of H-pyrrole nitrogens is 1. The molecule has 0 aliphatic rings. The predicted octanol–water partition coefficient (Wildman–Crippen LogP) is 1.98. The molecule has 1 aromatic heterocycles. The lowest BCUT2D eigenvalue weighted by molar-refractivity contribution is 0.275. The minimum Gasteiger partial charge on any atom is -0.303 e. The molecule has 0 radical (unpaired) electrons. The van der Waals surface area contributed by atoms with Gasteiger partial charge in [0.2, 0.25) is 0 Å². The van der Waals surface area contributed by atoms with Crippen LogP contribution in [0.2, 0.25) is 0 Å². The first-order chi connectivity index (χ1) is 7.19. The third kappa shape index (κ3) is 3.43. The maximum atomic E-state index is 5.15. The zero-order valence-electron chi connectivity index (χ0n) is 9.79. The molecule has 0 amide bonds. The quantitative estimate of drug-likeness (QED) is 0.756. The van der Waals surface area contributed by atoms with E-state index in [-0.39, 0.29) is 0 Å². The van der Waals surface area contributed by atoms with Crippen molar-refractivity contribution in [2.75, 3.05) is 19.6 Å². The van der Waals surface area contributed by atoms with Crippen molar-refractivity contribution in [3.8, 4) is 0 Å². The molecule has 1 heterocycles. The Morgan fingerprint density at radius 3 is 2.60 bits per heavy atom. The Balaban J connectivity index is 2.52. The zero-order chi connectivity index (χ0) is 11.3. The van der Waals surface area contributed by atoms with Gasteiger partial charge in [0, 0.05) is 13.1 Å². The van der Waals surface area contributed by atoms with Crippen molar-refractivity contribution in [1.82, 2.24) is 19.7 Å². The summed E-state index contributed by atoms with van der Waals surface area (Å²) in [6, 6.07) is 0. The van der Waals surface area contributed by atoms with Gasteiger partial charge in [-0.1, -0.05) is 13.8 Å². The van der Waals surface area contributed by atoms with Crippen LogP contribution in [0.5, 0.6) is 0 Å². The van der Waals surface area contributed by atoms with E-state index in [1.54, 1.807) is 0 Å². The zero-order valence-corrected chi connectivity index (χ0v) is 10.6. The fourth-order valence-electron chi connectivity index (χ4n) is 1.65. The molecule has 0 fully saturated rings. The molecular formula is C10H20N4S. The first-order valence-electron chi connectivity index (χ1n) is 5.53. The smallest absolute Gasteiger partial charge is 0.195 e. The molecule has 0 saturated heterocycles. The maximum absolute atomic E-state index is 5.15. The Morgan fingerprint density at radius 1 is 1.40 bits per heavy atom. The van der Waals surface area contributed by atoms with E-state index in [4.69, 9.17) is 12.2 Å². The summed E-state index contributed by atoms with van der Waals surface area (Å²) in [6.07, 6.45) is 1.20. The molecule has 15 heavy (non-hydrogen) atoms. The lowest BCUT2D eigenvalue weighted by Crippen LogP contribution is -2.28. The van der Waals surface area contributed by atoms with Gasteiger partial charge in [-0.05, 0) is 38.7 Å². The molecule has 0 aliphatic carbocycles. The van der Waals surface area contributed by atoms with Gasteiger partial charge in [-0.25, -0.2) is 0 Å². The number of aryl methyl sites for hydroxylation is 1. The van der Waals surface area contributed by atoms with E-state index in [1.807, 2.05) is 11.5 Å². The number of nitrogens with one attached hydrogen (secondary N) is 1. The fraction of sp³-hybridized carbons (Fsp3) is 0.800. The van der Waals surface area contributed by atoms with Gasteiger partial charge >= 0.3 is 0 Å². The van der Waals surface area contributed by atoms with Crippen LogP contribution in [-0.2, 0) is 6.54 Å². The number of aromatic nitrogens is 3. The second-order valence-electron chi connectivity index (χ2n) is 3.66. The SMILES string of the molecule is CCCN(CC)CCn1c(C)n[nH]c1=S. The average Bonchev–Trinajstić information content (AvgIpc) is 2.54. The van der Waals surface area contributed by atoms with E-state index in [0.29, 0.717) is 0 Å². The van der Waals surface area contributed by atoms with Crippen LogP contribution in [0.25, 0.3) is 0 Å². The number of hydrogen-bond acceptors (Lipinski definition) is 3. The monoisotopic (exact) mass is 228 g/mol. The van der Waals surface area contributed by atoms with Crippen molar-refractivity contribution in [2.45, 2.75) is 33.7 Å². The molecule has 0 bridgehead atoms. The van der Waals surface area contributed by atoms with Crippen molar-refractivity contribution >= 4 is 12.2 Å². The molecular weight excluding hydrogens is 208 g/mol. The minimum atomic E-state index is 0.722. The molecule has 0 atom stereocenters. The Kier molecular flexibility index (Phi) is 4.98. The van der Waals surface area contributed by atoms with Gasteiger partial charge < -0.3 is 9.47 Å². The van der Waals surface area contributed by atoms with Crippen molar-refractivity contribution in [2.24, 2.45) is 0 Å². The largest absolute Gasteiger partial charge is 0.303 e. The van der Waals surface area contributed by atoms with Crippen molar-refractivity contribution in [1.29, 1.82) is 0 Å². The van der Waals surface area contributed by atoms with E-state index < -0.39 is 0 Å². The summed E-state index contributed by atoms with van der Waals surface area (Å²) in [5.41, 5.74) is 0. The third-order valence-electron chi connectivity index (χ3n) is 2.58. The number of rotatable bonds is 6. The normalized spacial score (nSPS) is 11.2. The summed E-state index contributed by atoms with van der Waals surface area (Å²) in [5, 5.41) is 6.90. The van der Waals surface area contributed by atoms with E-state index in [0.717, 1.165) is 36.8 Å². The van der Waals surface area contributed by atoms with Crippen LogP contribution < -0.4 is 0 Å². The van der Waals surface area contributed by atoms with Gasteiger partial charge in [-0.15, -0.1) is 0 Å². The molecule has 0 saturated carbocycles. The third-order valence-corrected chi connectivity index (χ3v) is 2.89. The topological polar surface area (TPSA) is 36.9 Å². The highest BCUT2D eigenvalue weighted by atomic mass is 32.1. The van der Waals surface area contributed by atoms with Crippen LogP contribution in [0.1, 0.15) is 26.1 Å². The first-order valence-corrected chi connectivity index (χ1v) is 5.94. The highest BCUT2D eigenvalue weighted by molar-refractivity contribution is 7.71. The Hall–Kier alpha value is -0.680. The highest BCUT2D eigenvalue weighted by Crippen LogP contribution is 1.98. The molecule has 0 aliphatic heterocycles. The van der Waals surface area contributed by atoms with Gasteiger partial charge in [0.1, 0.15) is 5.82 Å². The minimum absolute atomic E-state index is 0.722. The van der Waals surface area contributed by atoms with Crippen LogP contribution in [0, 0.1) is 11.7 Å². The van der Waals surface area contributed by atoms with E-state index in [2.05, 4.69) is 28.9 Å². The lowest BCUT2D eigenvalue weighted by Gasteiger charge is -2.19. The van der Waals surface area contributed by atoms with E-state index in [9.17, 15) is 0 Å². The van der Waals surface area contributed by atoms with Gasteiger partial charge in [0.25, 0.3) is 0 Å². The molecule has 86 valence electrons. The van der Waals surface area contributed by atoms with Gasteiger partial charge in [0.05, 0.1) is 0 Å². The fourth-order valence-corrected chi connectivity index (χ4v) is 1.91. The molecule has 0 spiro atoms. The molecule has 1 N–H and O–H groups in total. The van der Waals surface area contributed by atoms with E-state index >= 15 is 0 Å². The van der Waals surface area contributed by atoms with Gasteiger partial charge in [-0.3, -0.25) is 5.10 Å². The van der Waals surface area contributed by atoms with Crippen molar-refractivity contribution in [3.63, 3.8) is 0 Å². The molecule has 4 nitrogen and oxygen atoms in total. The van der Waals surface area contributed by atoms with E-state index in [1.165, 1.54) is 6.42 Å². The van der Waals surface area contributed by atoms with Crippen LogP contribution in [-0.4, -0.2) is 39.3 Å². The second-order valence-corrected chi connectivity index (χ2v) is 4.05. The molecule has 5 heteroatoms. The van der Waals surface area contributed by atoms with Crippen LogP contribution in [0.15, 0.2) is 0 Å². The van der Waals surface area contributed by atoms with Crippen molar-refractivity contribution in [3.05, 3.63) is 10.6 Å².